The molecule has 0 spiro atoms. The fourth-order valence-electron chi connectivity index (χ4n) is 2.28. The van der Waals surface area contributed by atoms with Crippen LogP contribution in [0.25, 0.3) is 27.3 Å². The van der Waals surface area contributed by atoms with Crippen LogP contribution in [0.4, 0.5) is 0 Å². The Hall–Kier alpha value is -2.34. The van der Waals surface area contributed by atoms with Gasteiger partial charge < -0.3 is 0 Å². The summed E-state index contributed by atoms with van der Waals surface area (Å²) in [7, 11) is 0. The maximum absolute atomic E-state index is 4.61. The van der Waals surface area contributed by atoms with E-state index in [1.54, 1.807) is 17.5 Å². The van der Waals surface area contributed by atoms with Gasteiger partial charge in [0.05, 0.1) is 34.8 Å². The van der Waals surface area contributed by atoms with Gasteiger partial charge in [0.1, 0.15) is 16.2 Å². The minimum Gasteiger partial charge on any atom is -0.255 e. The Morgan fingerprint density at radius 1 is 1.15 bits per heavy atom. The zero-order valence-corrected chi connectivity index (χ0v) is 11.8. The van der Waals surface area contributed by atoms with Crippen molar-refractivity contribution in [2.24, 2.45) is 0 Å². The van der Waals surface area contributed by atoms with E-state index in [4.69, 9.17) is 0 Å². The predicted octanol–water partition coefficient (Wildman–Crippen LogP) is 3.02. The van der Waals surface area contributed by atoms with Crippen LogP contribution in [0.2, 0.25) is 0 Å². The number of aromatic nitrogens is 5. The van der Waals surface area contributed by atoms with Gasteiger partial charge in [-0.1, -0.05) is 0 Å². The fourth-order valence-corrected chi connectivity index (χ4v) is 3.00. The number of hydrogen-bond donors (Lipinski definition) is 0. The highest BCUT2D eigenvalue weighted by Crippen LogP contribution is 2.23. The summed E-state index contributed by atoms with van der Waals surface area (Å²) in [6, 6.07) is 3.98. The largest absolute Gasteiger partial charge is 0.255 e. The lowest BCUT2D eigenvalue weighted by molar-refractivity contribution is 0.916. The summed E-state index contributed by atoms with van der Waals surface area (Å²) >= 11 is 1.59. The number of aryl methyl sites for hydroxylation is 2. The van der Waals surface area contributed by atoms with Crippen LogP contribution >= 0.6 is 11.3 Å². The fraction of sp³-hybridized carbons (Fsp3) is 0.143. The Bertz CT molecular complexity index is 937. The van der Waals surface area contributed by atoms with Crippen molar-refractivity contribution in [2.75, 3.05) is 0 Å². The van der Waals surface area contributed by atoms with Gasteiger partial charge in [-0.05, 0) is 31.4 Å². The van der Waals surface area contributed by atoms with Crippen LogP contribution in [0.3, 0.4) is 0 Å². The molecule has 4 aromatic rings. The van der Waals surface area contributed by atoms with E-state index < -0.39 is 0 Å². The summed E-state index contributed by atoms with van der Waals surface area (Å²) in [4.78, 5) is 14.4. The molecule has 0 unspecified atom stereocenters. The van der Waals surface area contributed by atoms with E-state index in [0.29, 0.717) is 0 Å². The maximum atomic E-state index is 4.61. The molecule has 0 fully saturated rings. The minimum atomic E-state index is 0.792. The molecule has 0 aliphatic carbocycles. The lowest BCUT2D eigenvalue weighted by atomic mass is 10.3. The highest BCUT2D eigenvalue weighted by Gasteiger charge is 2.10. The molecule has 0 radical (unpaired) electrons. The van der Waals surface area contributed by atoms with Crippen molar-refractivity contribution in [3.8, 4) is 11.4 Å². The van der Waals surface area contributed by atoms with Crippen molar-refractivity contribution in [2.45, 2.75) is 13.8 Å². The average Bonchev–Trinajstić information content (AvgIpc) is 3.03. The van der Waals surface area contributed by atoms with Crippen molar-refractivity contribution in [3.63, 3.8) is 0 Å². The molecule has 20 heavy (non-hydrogen) atoms. The number of fused-ring (bicyclic) bond motifs is 2. The number of rotatable bonds is 1. The molecule has 4 rings (SSSR count). The van der Waals surface area contributed by atoms with Gasteiger partial charge in [0.15, 0.2) is 0 Å². The van der Waals surface area contributed by atoms with Crippen molar-refractivity contribution in [1.82, 2.24) is 24.6 Å². The lowest BCUT2D eigenvalue weighted by Gasteiger charge is -1.98. The molecule has 5 nitrogen and oxygen atoms in total. The van der Waals surface area contributed by atoms with Crippen LogP contribution in [0, 0.1) is 13.8 Å². The third-order valence-corrected chi connectivity index (χ3v) is 3.99. The van der Waals surface area contributed by atoms with Crippen LogP contribution < -0.4 is 0 Å². The third-order valence-electron chi connectivity index (χ3n) is 3.19. The number of nitrogens with zero attached hydrogens (tertiary/aromatic N) is 5. The van der Waals surface area contributed by atoms with Gasteiger partial charge >= 0.3 is 0 Å². The van der Waals surface area contributed by atoms with E-state index in [9.17, 15) is 0 Å². The van der Waals surface area contributed by atoms with E-state index in [2.05, 4.69) is 20.1 Å². The molecule has 0 amide bonds. The van der Waals surface area contributed by atoms with E-state index in [1.807, 2.05) is 42.1 Å². The lowest BCUT2D eigenvalue weighted by Crippen LogP contribution is -1.95. The summed E-state index contributed by atoms with van der Waals surface area (Å²) in [5.41, 5.74) is 5.46. The number of thiophene rings is 1. The second-order valence-corrected chi connectivity index (χ2v) is 5.59. The molecule has 0 atom stereocenters. The first-order valence-electron chi connectivity index (χ1n) is 6.25. The Labute approximate surface area is 119 Å². The first-order chi connectivity index (χ1) is 9.70. The highest BCUT2D eigenvalue weighted by molar-refractivity contribution is 7.16. The van der Waals surface area contributed by atoms with Crippen LogP contribution in [0.1, 0.15) is 11.4 Å². The van der Waals surface area contributed by atoms with E-state index in [0.717, 1.165) is 38.6 Å². The van der Waals surface area contributed by atoms with Gasteiger partial charge in [-0.2, -0.15) is 5.10 Å². The first kappa shape index (κ1) is 11.5. The summed E-state index contributed by atoms with van der Waals surface area (Å²) in [6.45, 7) is 3.95. The van der Waals surface area contributed by atoms with Crippen molar-refractivity contribution < 1.29 is 0 Å². The van der Waals surface area contributed by atoms with Crippen LogP contribution in [-0.4, -0.2) is 24.6 Å². The SMILES string of the molecule is Cc1cn2nc(-c3cnc4ccsc4n3)cc2c(C)n1. The molecule has 0 aliphatic heterocycles. The second kappa shape index (κ2) is 4.08. The van der Waals surface area contributed by atoms with E-state index >= 15 is 0 Å². The van der Waals surface area contributed by atoms with Crippen molar-refractivity contribution in [3.05, 3.63) is 41.3 Å². The molecular weight excluding hydrogens is 270 g/mol. The molecule has 98 valence electrons. The summed E-state index contributed by atoms with van der Waals surface area (Å²) < 4.78 is 1.85. The Kier molecular flexibility index (Phi) is 2.34. The maximum Gasteiger partial charge on any atom is 0.142 e. The predicted molar refractivity (Wildman–Crippen MR) is 78.9 cm³/mol. The van der Waals surface area contributed by atoms with Crippen LogP contribution in [-0.2, 0) is 0 Å². The monoisotopic (exact) mass is 281 g/mol. The molecule has 0 aromatic carbocycles. The van der Waals surface area contributed by atoms with Crippen LogP contribution in [0.5, 0.6) is 0 Å². The summed E-state index contributed by atoms with van der Waals surface area (Å²) in [5.74, 6) is 0. The first-order valence-corrected chi connectivity index (χ1v) is 7.13. The normalized spacial score (nSPS) is 11.5. The van der Waals surface area contributed by atoms with E-state index in [-0.39, 0.29) is 0 Å². The van der Waals surface area contributed by atoms with Gasteiger partial charge in [0.25, 0.3) is 0 Å². The number of hydrogen-bond acceptors (Lipinski definition) is 5. The molecule has 0 N–H and O–H groups in total. The zero-order valence-electron chi connectivity index (χ0n) is 11.0. The van der Waals surface area contributed by atoms with Crippen molar-refractivity contribution >= 4 is 27.2 Å². The molecule has 0 bridgehead atoms. The molecule has 0 aliphatic rings. The smallest absolute Gasteiger partial charge is 0.142 e. The topological polar surface area (TPSA) is 56.0 Å². The van der Waals surface area contributed by atoms with E-state index in [1.165, 1.54) is 0 Å². The van der Waals surface area contributed by atoms with Gasteiger partial charge in [-0.15, -0.1) is 11.3 Å². The molecular formula is C14H11N5S. The second-order valence-electron chi connectivity index (χ2n) is 4.69. The molecule has 4 heterocycles. The van der Waals surface area contributed by atoms with Gasteiger partial charge in [0.2, 0.25) is 0 Å². The average molecular weight is 281 g/mol. The third kappa shape index (κ3) is 1.69. The standard InChI is InChI=1S/C14H11N5S/c1-8-7-19-13(9(2)16-8)5-11(18-19)12-6-15-10-3-4-20-14(10)17-12/h3-7H,1-2H3. The Morgan fingerprint density at radius 3 is 2.95 bits per heavy atom. The minimum absolute atomic E-state index is 0.792. The zero-order chi connectivity index (χ0) is 13.7. The summed E-state index contributed by atoms with van der Waals surface area (Å²) in [5, 5.41) is 6.57. The van der Waals surface area contributed by atoms with Gasteiger partial charge in [-0.3, -0.25) is 9.97 Å². The van der Waals surface area contributed by atoms with Crippen molar-refractivity contribution in [1.29, 1.82) is 0 Å². The molecule has 4 aromatic heterocycles. The van der Waals surface area contributed by atoms with Gasteiger partial charge in [-0.25, -0.2) is 9.50 Å². The molecule has 6 heteroatoms. The Morgan fingerprint density at radius 2 is 2.05 bits per heavy atom. The molecule has 0 saturated carbocycles. The highest BCUT2D eigenvalue weighted by atomic mass is 32.1. The van der Waals surface area contributed by atoms with Gasteiger partial charge in [0, 0.05) is 0 Å². The summed E-state index contributed by atoms with van der Waals surface area (Å²) in [6.07, 6.45) is 3.69. The molecule has 0 saturated heterocycles. The quantitative estimate of drug-likeness (QED) is 0.538. The Balaban J connectivity index is 1.94. The van der Waals surface area contributed by atoms with Crippen LogP contribution in [0.15, 0.2) is 29.9 Å².